The molecule has 1 aromatic heterocycles. The monoisotopic (exact) mass is 203 g/mol. The topological polar surface area (TPSA) is 99.8 Å². The fourth-order valence-corrected chi connectivity index (χ4v) is 1.21. The Kier molecular flexibility index (Phi) is 2.09. The van der Waals surface area contributed by atoms with E-state index in [-0.39, 0.29) is 0 Å². The van der Waals surface area contributed by atoms with Gasteiger partial charge in [0.25, 0.3) is 0 Å². The van der Waals surface area contributed by atoms with Crippen molar-refractivity contribution in [3.05, 3.63) is 36.0 Å². The number of hydrogen-bond acceptors (Lipinski definition) is 4. The van der Waals surface area contributed by atoms with Gasteiger partial charge in [-0.25, -0.2) is 0 Å². The molecule has 0 saturated carbocycles. The lowest BCUT2D eigenvalue weighted by Gasteiger charge is -2.02. The number of rotatable bonds is 2. The van der Waals surface area contributed by atoms with Crippen molar-refractivity contribution in [2.45, 2.75) is 0 Å². The molecule has 2 rings (SSSR count). The molecule has 0 bridgehead atoms. The van der Waals surface area contributed by atoms with Crippen LogP contribution in [0.15, 0.2) is 30.5 Å². The van der Waals surface area contributed by atoms with Crippen molar-refractivity contribution in [3.8, 4) is 5.69 Å². The zero-order valence-electron chi connectivity index (χ0n) is 7.79. The van der Waals surface area contributed by atoms with Crippen molar-refractivity contribution in [2.24, 2.45) is 5.73 Å². The lowest BCUT2D eigenvalue weighted by atomic mass is 10.2. The Bertz CT molecular complexity index is 487. The van der Waals surface area contributed by atoms with Crippen LogP contribution in [-0.4, -0.2) is 20.9 Å². The molecule has 0 radical (unpaired) electrons. The van der Waals surface area contributed by atoms with Gasteiger partial charge in [0.1, 0.15) is 5.82 Å². The molecule has 4 N–H and O–H groups in total. The summed E-state index contributed by atoms with van der Waals surface area (Å²) >= 11 is 0. The number of nitrogens with two attached hydrogens (primary N) is 2. The Morgan fingerprint density at radius 3 is 2.40 bits per heavy atom. The molecular weight excluding hydrogens is 194 g/mol. The standard InChI is InChI=1S/C9H9N5O/c10-8-5-12-13-14(8)7-3-1-6(2-4-7)9(11)15/h1-5H,10H2,(H2,11,15). The summed E-state index contributed by atoms with van der Waals surface area (Å²) < 4.78 is 1.46. The Morgan fingerprint density at radius 1 is 1.27 bits per heavy atom. The third-order valence-corrected chi connectivity index (χ3v) is 1.97. The van der Waals surface area contributed by atoms with Gasteiger partial charge >= 0.3 is 0 Å². The normalized spacial score (nSPS) is 10.1. The van der Waals surface area contributed by atoms with Crippen LogP contribution in [0.1, 0.15) is 10.4 Å². The summed E-state index contributed by atoms with van der Waals surface area (Å²) in [7, 11) is 0. The Labute approximate surface area is 85.5 Å². The quantitative estimate of drug-likeness (QED) is 0.714. The average Bonchev–Trinajstić information content (AvgIpc) is 2.65. The van der Waals surface area contributed by atoms with E-state index in [4.69, 9.17) is 11.5 Å². The van der Waals surface area contributed by atoms with E-state index in [1.54, 1.807) is 24.3 Å². The Balaban J connectivity index is 2.40. The van der Waals surface area contributed by atoms with Gasteiger partial charge in [-0.15, -0.1) is 5.10 Å². The summed E-state index contributed by atoms with van der Waals surface area (Å²) in [5.74, 6) is -0.0325. The van der Waals surface area contributed by atoms with Crippen LogP contribution in [0, 0.1) is 0 Å². The molecule has 0 spiro atoms. The number of anilines is 1. The molecule has 15 heavy (non-hydrogen) atoms. The molecule has 0 saturated heterocycles. The summed E-state index contributed by atoms with van der Waals surface area (Å²) in [6.07, 6.45) is 1.45. The Morgan fingerprint density at radius 2 is 1.93 bits per heavy atom. The second-order valence-electron chi connectivity index (χ2n) is 2.98. The zero-order chi connectivity index (χ0) is 10.8. The minimum atomic E-state index is -0.465. The summed E-state index contributed by atoms with van der Waals surface area (Å²) in [4.78, 5) is 10.8. The number of nitrogen functional groups attached to an aromatic ring is 1. The van der Waals surface area contributed by atoms with Gasteiger partial charge in [-0.05, 0) is 24.3 Å². The molecule has 2 aromatic rings. The predicted molar refractivity (Wildman–Crippen MR) is 54.3 cm³/mol. The summed E-state index contributed by atoms with van der Waals surface area (Å²) in [5.41, 5.74) is 11.9. The van der Waals surface area contributed by atoms with Gasteiger partial charge in [0.05, 0.1) is 11.9 Å². The summed E-state index contributed by atoms with van der Waals surface area (Å²) in [6, 6.07) is 6.62. The van der Waals surface area contributed by atoms with E-state index in [2.05, 4.69) is 10.3 Å². The van der Waals surface area contributed by atoms with E-state index >= 15 is 0 Å². The van der Waals surface area contributed by atoms with Crippen LogP contribution in [0.4, 0.5) is 5.82 Å². The van der Waals surface area contributed by atoms with Crippen molar-refractivity contribution in [1.29, 1.82) is 0 Å². The number of amides is 1. The van der Waals surface area contributed by atoms with Gasteiger partial charge in [0.2, 0.25) is 5.91 Å². The molecule has 0 fully saturated rings. The van der Waals surface area contributed by atoms with Crippen LogP contribution in [-0.2, 0) is 0 Å². The highest BCUT2D eigenvalue weighted by atomic mass is 16.1. The first-order valence-corrected chi connectivity index (χ1v) is 4.25. The number of carbonyl (C=O) groups is 1. The second-order valence-corrected chi connectivity index (χ2v) is 2.98. The first kappa shape index (κ1) is 9.20. The zero-order valence-corrected chi connectivity index (χ0v) is 7.79. The molecule has 1 aromatic carbocycles. The fraction of sp³-hybridized carbons (Fsp3) is 0. The maximum atomic E-state index is 10.8. The van der Waals surface area contributed by atoms with Gasteiger partial charge < -0.3 is 11.5 Å². The van der Waals surface area contributed by atoms with E-state index < -0.39 is 5.91 Å². The van der Waals surface area contributed by atoms with Gasteiger partial charge in [0.15, 0.2) is 0 Å². The van der Waals surface area contributed by atoms with E-state index in [0.717, 1.165) is 5.69 Å². The summed E-state index contributed by atoms with van der Waals surface area (Å²) in [6.45, 7) is 0. The molecule has 1 amide bonds. The van der Waals surface area contributed by atoms with Crippen molar-refractivity contribution in [1.82, 2.24) is 15.0 Å². The van der Waals surface area contributed by atoms with Crippen molar-refractivity contribution < 1.29 is 4.79 Å². The van der Waals surface area contributed by atoms with Gasteiger partial charge in [0, 0.05) is 5.56 Å². The molecule has 0 aliphatic rings. The van der Waals surface area contributed by atoms with Crippen molar-refractivity contribution >= 4 is 11.7 Å². The number of aromatic nitrogens is 3. The van der Waals surface area contributed by atoms with Crippen LogP contribution in [0.3, 0.4) is 0 Å². The highest BCUT2D eigenvalue weighted by molar-refractivity contribution is 5.92. The van der Waals surface area contributed by atoms with E-state index in [1.165, 1.54) is 10.9 Å². The molecule has 76 valence electrons. The molecule has 0 atom stereocenters. The first-order valence-electron chi connectivity index (χ1n) is 4.25. The van der Waals surface area contributed by atoms with Crippen LogP contribution in [0.25, 0.3) is 5.69 Å². The highest BCUT2D eigenvalue weighted by Crippen LogP contribution is 2.11. The molecule has 0 unspecified atom stereocenters. The number of nitrogens with zero attached hydrogens (tertiary/aromatic N) is 3. The van der Waals surface area contributed by atoms with E-state index in [0.29, 0.717) is 11.4 Å². The summed E-state index contributed by atoms with van der Waals surface area (Å²) in [5, 5.41) is 7.44. The predicted octanol–water partition coefficient (Wildman–Crippen LogP) is -0.0516. The van der Waals surface area contributed by atoms with Crippen LogP contribution < -0.4 is 11.5 Å². The molecule has 0 aliphatic carbocycles. The number of hydrogen-bond donors (Lipinski definition) is 2. The number of primary amides is 1. The third kappa shape index (κ3) is 1.64. The molecule has 0 aliphatic heterocycles. The van der Waals surface area contributed by atoms with Gasteiger partial charge in [-0.2, -0.15) is 4.68 Å². The largest absolute Gasteiger partial charge is 0.382 e. The maximum absolute atomic E-state index is 10.8. The van der Waals surface area contributed by atoms with E-state index in [1.807, 2.05) is 0 Å². The third-order valence-electron chi connectivity index (χ3n) is 1.97. The second kappa shape index (κ2) is 3.41. The van der Waals surface area contributed by atoms with E-state index in [9.17, 15) is 4.79 Å². The van der Waals surface area contributed by atoms with Crippen molar-refractivity contribution in [2.75, 3.05) is 5.73 Å². The number of benzene rings is 1. The SMILES string of the molecule is NC(=O)c1ccc(-n2nncc2N)cc1. The molecule has 6 heteroatoms. The van der Waals surface area contributed by atoms with Crippen LogP contribution in [0.2, 0.25) is 0 Å². The average molecular weight is 203 g/mol. The van der Waals surface area contributed by atoms with Gasteiger partial charge in [-0.1, -0.05) is 5.21 Å². The Hall–Kier alpha value is -2.37. The smallest absolute Gasteiger partial charge is 0.248 e. The van der Waals surface area contributed by atoms with Crippen molar-refractivity contribution in [3.63, 3.8) is 0 Å². The molecule has 1 heterocycles. The lowest BCUT2D eigenvalue weighted by molar-refractivity contribution is 0.100. The molecular formula is C9H9N5O. The maximum Gasteiger partial charge on any atom is 0.248 e. The number of carbonyl (C=O) groups excluding carboxylic acids is 1. The van der Waals surface area contributed by atoms with Gasteiger partial charge in [-0.3, -0.25) is 4.79 Å². The first-order chi connectivity index (χ1) is 7.18. The van der Waals surface area contributed by atoms with Crippen LogP contribution in [0.5, 0.6) is 0 Å². The van der Waals surface area contributed by atoms with Crippen LogP contribution >= 0.6 is 0 Å². The fourth-order valence-electron chi connectivity index (χ4n) is 1.21. The minimum Gasteiger partial charge on any atom is -0.382 e. The molecule has 6 nitrogen and oxygen atoms in total. The minimum absolute atomic E-state index is 0.432. The lowest BCUT2D eigenvalue weighted by Crippen LogP contribution is -2.11. The highest BCUT2D eigenvalue weighted by Gasteiger charge is 2.04.